The van der Waals surface area contributed by atoms with Gasteiger partial charge in [0.2, 0.25) is 11.8 Å². The van der Waals surface area contributed by atoms with Gasteiger partial charge in [-0.1, -0.05) is 36.8 Å². The van der Waals surface area contributed by atoms with E-state index in [0.29, 0.717) is 19.6 Å². The quantitative estimate of drug-likeness (QED) is 0.553. The number of furan rings is 1. The van der Waals surface area contributed by atoms with Crippen molar-refractivity contribution in [2.75, 3.05) is 45.9 Å². The van der Waals surface area contributed by atoms with Crippen LogP contribution in [0, 0.1) is 12.8 Å². The van der Waals surface area contributed by atoms with E-state index in [-0.39, 0.29) is 24.3 Å². The Morgan fingerprint density at radius 1 is 1.00 bits per heavy atom. The lowest BCUT2D eigenvalue weighted by molar-refractivity contribution is -0.145. The number of morpholine rings is 1. The Hall–Kier alpha value is -2.64. The van der Waals surface area contributed by atoms with E-state index in [1.54, 1.807) is 9.80 Å². The van der Waals surface area contributed by atoms with Crippen LogP contribution in [0.4, 0.5) is 0 Å². The van der Waals surface area contributed by atoms with Gasteiger partial charge in [-0.2, -0.15) is 0 Å². The second-order valence-corrected chi connectivity index (χ2v) is 9.09. The Balaban J connectivity index is 1.45. The van der Waals surface area contributed by atoms with Crippen LogP contribution in [0.5, 0.6) is 0 Å². The standard InChI is InChI=1S/C26H35N3O4/c1-21-10-11-24(33-21)19-29(18-22-6-3-2-4-7-22)25(30)20-28(26(31)23-8-5-9-23)13-12-27-14-16-32-17-15-27/h2-4,6-7,10-11,23H,5,8-9,12-20H2,1H3. The van der Waals surface area contributed by atoms with Crippen LogP contribution in [-0.4, -0.2) is 72.5 Å². The molecule has 2 heterocycles. The average molecular weight is 454 g/mol. The molecule has 1 saturated carbocycles. The normalized spacial score (nSPS) is 16.9. The van der Waals surface area contributed by atoms with Gasteiger partial charge >= 0.3 is 0 Å². The molecule has 2 fully saturated rings. The Morgan fingerprint density at radius 3 is 2.39 bits per heavy atom. The highest BCUT2D eigenvalue weighted by molar-refractivity contribution is 5.86. The van der Waals surface area contributed by atoms with E-state index in [4.69, 9.17) is 9.15 Å². The van der Waals surface area contributed by atoms with Crippen molar-refractivity contribution in [1.82, 2.24) is 14.7 Å². The second-order valence-electron chi connectivity index (χ2n) is 9.09. The zero-order valence-electron chi connectivity index (χ0n) is 19.6. The molecule has 0 bridgehead atoms. The molecule has 2 aliphatic rings. The maximum absolute atomic E-state index is 13.5. The second kappa shape index (κ2) is 11.5. The molecule has 0 radical (unpaired) electrons. The number of hydrogen-bond acceptors (Lipinski definition) is 5. The fourth-order valence-corrected chi connectivity index (χ4v) is 4.33. The highest BCUT2D eigenvalue weighted by Crippen LogP contribution is 2.28. The smallest absolute Gasteiger partial charge is 0.242 e. The van der Waals surface area contributed by atoms with Gasteiger partial charge in [0, 0.05) is 38.6 Å². The summed E-state index contributed by atoms with van der Waals surface area (Å²) >= 11 is 0. The molecule has 2 aromatic rings. The Bertz CT molecular complexity index is 903. The zero-order valence-corrected chi connectivity index (χ0v) is 19.6. The predicted molar refractivity (Wildman–Crippen MR) is 125 cm³/mol. The van der Waals surface area contributed by atoms with Gasteiger partial charge in [-0.15, -0.1) is 0 Å². The molecule has 33 heavy (non-hydrogen) atoms. The topological polar surface area (TPSA) is 66.2 Å². The highest BCUT2D eigenvalue weighted by atomic mass is 16.5. The number of benzene rings is 1. The van der Waals surface area contributed by atoms with Crippen molar-refractivity contribution < 1.29 is 18.7 Å². The molecule has 4 rings (SSSR count). The minimum Gasteiger partial charge on any atom is -0.464 e. The van der Waals surface area contributed by atoms with Gasteiger partial charge in [0.05, 0.1) is 26.3 Å². The van der Waals surface area contributed by atoms with Crippen LogP contribution >= 0.6 is 0 Å². The van der Waals surface area contributed by atoms with Crippen LogP contribution in [0.15, 0.2) is 46.9 Å². The van der Waals surface area contributed by atoms with Gasteiger partial charge in [-0.05, 0) is 37.5 Å². The summed E-state index contributed by atoms with van der Waals surface area (Å²) in [4.78, 5) is 32.6. The van der Waals surface area contributed by atoms with Gasteiger partial charge in [0.25, 0.3) is 0 Å². The minimum absolute atomic E-state index is 0.0532. The largest absolute Gasteiger partial charge is 0.464 e. The third-order valence-electron chi connectivity index (χ3n) is 6.59. The molecular weight excluding hydrogens is 418 g/mol. The van der Waals surface area contributed by atoms with Crippen molar-refractivity contribution in [1.29, 1.82) is 0 Å². The first-order valence-corrected chi connectivity index (χ1v) is 12.0. The molecule has 1 aromatic carbocycles. The summed E-state index contributed by atoms with van der Waals surface area (Å²) in [5, 5.41) is 0. The van der Waals surface area contributed by atoms with Crippen LogP contribution in [-0.2, 0) is 27.4 Å². The third-order valence-corrected chi connectivity index (χ3v) is 6.59. The van der Waals surface area contributed by atoms with Crippen molar-refractivity contribution in [3.63, 3.8) is 0 Å². The Labute approximate surface area is 196 Å². The Morgan fingerprint density at radius 2 is 1.76 bits per heavy atom. The molecule has 0 spiro atoms. The van der Waals surface area contributed by atoms with Gasteiger partial charge in [-0.25, -0.2) is 0 Å². The van der Waals surface area contributed by atoms with E-state index in [0.717, 1.165) is 69.2 Å². The maximum Gasteiger partial charge on any atom is 0.242 e. The van der Waals surface area contributed by atoms with E-state index < -0.39 is 0 Å². The summed E-state index contributed by atoms with van der Waals surface area (Å²) in [6, 6.07) is 13.8. The summed E-state index contributed by atoms with van der Waals surface area (Å²) in [7, 11) is 0. The van der Waals surface area contributed by atoms with Crippen LogP contribution in [0.2, 0.25) is 0 Å². The lowest BCUT2D eigenvalue weighted by atomic mass is 9.84. The summed E-state index contributed by atoms with van der Waals surface area (Å²) in [6.45, 7) is 7.40. The number of hydrogen-bond donors (Lipinski definition) is 0. The summed E-state index contributed by atoms with van der Waals surface area (Å²) in [6.07, 6.45) is 2.96. The van der Waals surface area contributed by atoms with Gasteiger partial charge in [0.15, 0.2) is 0 Å². The van der Waals surface area contributed by atoms with Crippen molar-refractivity contribution in [3.8, 4) is 0 Å². The van der Waals surface area contributed by atoms with E-state index >= 15 is 0 Å². The molecule has 1 aliphatic carbocycles. The molecule has 0 unspecified atom stereocenters. The summed E-state index contributed by atoms with van der Waals surface area (Å²) < 4.78 is 11.2. The zero-order chi connectivity index (χ0) is 23.0. The van der Waals surface area contributed by atoms with Crippen molar-refractivity contribution in [3.05, 3.63) is 59.5 Å². The highest BCUT2D eigenvalue weighted by Gasteiger charge is 2.31. The lowest BCUT2D eigenvalue weighted by Crippen LogP contribution is -2.49. The molecule has 0 atom stereocenters. The van der Waals surface area contributed by atoms with Crippen molar-refractivity contribution in [2.45, 2.75) is 39.3 Å². The molecule has 1 saturated heterocycles. The molecule has 178 valence electrons. The molecule has 1 aliphatic heterocycles. The Kier molecular flexibility index (Phi) is 8.18. The first kappa shape index (κ1) is 23.5. The fourth-order valence-electron chi connectivity index (χ4n) is 4.33. The molecule has 7 nitrogen and oxygen atoms in total. The number of amides is 2. The number of rotatable bonds is 10. The van der Waals surface area contributed by atoms with Crippen molar-refractivity contribution in [2.24, 2.45) is 5.92 Å². The minimum atomic E-state index is -0.0532. The summed E-state index contributed by atoms with van der Waals surface area (Å²) in [5.74, 6) is 1.71. The van der Waals surface area contributed by atoms with E-state index in [1.165, 1.54) is 0 Å². The number of carbonyl (C=O) groups is 2. The van der Waals surface area contributed by atoms with E-state index in [1.807, 2.05) is 49.4 Å². The van der Waals surface area contributed by atoms with Gasteiger partial charge in [0.1, 0.15) is 11.5 Å². The van der Waals surface area contributed by atoms with Crippen LogP contribution in [0.3, 0.4) is 0 Å². The fraction of sp³-hybridized carbons (Fsp3) is 0.538. The molecular formula is C26H35N3O4. The lowest BCUT2D eigenvalue weighted by Gasteiger charge is -2.35. The van der Waals surface area contributed by atoms with Crippen LogP contribution in [0.1, 0.15) is 36.3 Å². The van der Waals surface area contributed by atoms with Crippen LogP contribution in [0.25, 0.3) is 0 Å². The molecule has 2 amide bonds. The van der Waals surface area contributed by atoms with E-state index in [9.17, 15) is 9.59 Å². The number of ether oxygens (including phenoxy) is 1. The molecule has 7 heteroatoms. The SMILES string of the molecule is Cc1ccc(CN(Cc2ccccc2)C(=O)CN(CCN2CCOCC2)C(=O)C2CCC2)o1. The van der Waals surface area contributed by atoms with Gasteiger partial charge in [-0.3, -0.25) is 14.5 Å². The predicted octanol–water partition coefficient (Wildman–Crippen LogP) is 3.08. The number of carbonyl (C=O) groups excluding carboxylic acids is 2. The van der Waals surface area contributed by atoms with E-state index in [2.05, 4.69) is 4.90 Å². The first-order chi connectivity index (χ1) is 16.1. The molecule has 1 aromatic heterocycles. The monoisotopic (exact) mass is 453 g/mol. The third kappa shape index (κ3) is 6.68. The first-order valence-electron chi connectivity index (χ1n) is 12.0. The van der Waals surface area contributed by atoms with Gasteiger partial charge < -0.3 is 19.0 Å². The molecule has 0 N–H and O–H groups in total. The number of nitrogens with zero attached hydrogens (tertiary/aromatic N) is 3. The number of aryl methyl sites for hydroxylation is 1. The van der Waals surface area contributed by atoms with Crippen LogP contribution < -0.4 is 0 Å². The summed E-state index contributed by atoms with van der Waals surface area (Å²) in [5.41, 5.74) is 1.05. The average Bonchev–Trinajstić information content (AvgIpc) is 3.20. The van der Waals surface area contributed by atoms with Crippen molar-refractivity contribution >= 4 is 11.8 Å². The maximum atomic E-state index is 13.5.